The Bertz CT molecular complexity index is 930. The van der Waals surface area contributed by atoms with Crippen LogP contribution in [0.3, 0.4) is 0 Å². The van der Waals surface area contributed by atoms with Gasteiger partial charge in [0.05, 0.1) is 11.6 Å². The smallest absolute Gasteiger partial charge is 0.257 e. The monoisotopic (exact) mass is 398 g/mol. The van der Waals surface area contributed by atoms with Crippen molar-refractivity contribution in [2.24, 2.45) is 0 Å². The molecule has 26 heavy (non-hydrogen) atoms. The largest absolute Gasteiger partial charge is 0.296 e. The average molecular weight is 399 g/mol. The molecule has 3 rings (SSSR count). The number of carbonyl (C=O) groups excluding carboxylic acids is 1. The van der Waals surface area contributed by atoms with Crippen molar-refractivity contribution in [1.82, 2.24) is 10.2 Å². The number of anilines is 1. The van der Waals surface area contributed by atoms with Crippen molar-refractivity contribution in [3.8, 4) is 6.07 Å². The normalized spacial score (nSPS) is 10.3. The Kier molecular flexibility index (Phi) is 6.28. The summed E-state index contributed by atoms with van der Waals surface area (Å²) in [5.41, 5.74) is 2.33. The zero-order chi connectivity index (χ0) is 18.4. The van der Waals surface area contributed by atoms with E-state index in [1.165, 1.54) is 11.3 Å². The molecule has 0 bridgehead atoms. The van der Waals surface area contributed by atoms with Gasteiger partial charge in [0.15, 0.2) is 4.34 Å². The van der Waals surface area contributed by atoms with Gasteiger partial charge in [0, 0.05) is 16.2 Å². The molecule has 1 heterocycles. The van der Waals surface area contributed by atoms with E-state index in [0.29, 0.717) is 16.3 Å². The minimum absolute atomic E-state index is 0.197. The highest BCUT2D eigenvalue weighted by Crippen LogP contribution is 2.28. The van der Waals surface area contributed by atoms with E-state index in [1.807, 2.05) is 30.5 Å². The first kappa shape index (κ1) is 18.5. The van der Waals surface area contributed by atoms with Crippen LogP contribution in [0.4, 0.5) is 5.13 Å². The molecule has 0 atom stereocenters. The van der Waals surface area contributed by atoms with Gasteiger partial charge in [-0.05, 0) is 48.2 Å². The van der Waals surface area contributed by atoms with Crippen LogP contribution in [0, 0.1) is 11.3 Å². The molecule has 0 fully saturated rings. The number of nitrogens with zero attached hydrogens (tertiary/aromatic N) is 3. The lowest BCUT2D eigenvalue weighted by Crippen LogP contribution is -2.11. The van der Waals surface area contributed by atoms with Crippen molar-refractivity contribution in [3.05, 3.63) is 65.2 Å². The maximum absolute atomic E-state index is 12.3. The Morgan fingerprint density at radius 1 is 1.15 bits per heavy atom. The van der Waals surface area contributed by atoms with Crippen LogP contribution < -0.4 is 5.32 Å². The molecule has 1 amide bonds. The fourth-order valence-electron chi connectivity index (χ4n) is 2.05. The molecule has 0 unspecified atom stereocenters. The summed E-state index contributed by atoms with van der Waals surface area (Å²) in [6, 6.07) is 17.0. The number of hydrogen-bond acceptors (Lipinski definition) is 7. The van der Waals surface area contributed by atoms with Gasteiger partial charge in [0.1, 0.15) is 0 Å². The van der Waals surface area contributed by atoms with Gasteiger partial charge in [-0.3, -0.25) is 10.1 Å². The van der Waals surface area contributed by atoms with E-state index in [4.69, 9.17) is 5.26 Å². The van der Waals surface area contributed by atoms with Crippen molar-refractivity contribution < 1.29 is 4.79 Å². The van der Waals surface area contributed by atoms with Crippen molar-refractivity contribution in [1.29, 1.82) is 5.26 Å². The summed E-state index contributed by atoms with van der Waals surface area (Å²) >= 11 is 4.52. The van der Waals surface area contributed by atoms with E-state index in [9.17, 15) is 4.79 Å². The molecule has 0 saturated carbocycles. The fourth-order valence-corrected chi connectivity index (χ4v) is 4.16. The van der Waals surface area contributed by atoms with Crippen LogP contribution in [0.25, 0.3) is 0 Å². The van der Waals surface area contributed by atoms with Crippen molar-refractivity contribution in [2.45, 2.75) is 15.0 Å². The molecule has 0 aliphatic carbocycles. The Balaban J connectivity index is 1.56. The van der Waals surface area contributed by atoms with Crippen LogP contribution in [-0.4, -0.2) is 22.4 Å². The number of nitrogens with one attached hydrogen (secondary N) is 1. The van der Waals surface area contributed by atoms with Gasteiger partial charge >= 0.3 is 0 Å². The predicted octanol–water partition coefficient (Wildman–Crippen LogP) is 4.68. The van der Waals surface area contributed by atoms with Gasteiger partial charge in [0.2, 0.25) is 5.13 Å². The van der Waals surface area contributed by atoms with E-state index in [0.717, 1.165) is 20.6 Å². The molecular weight excluding hydrogens is 384 g/mol. The van der Waals surface area contributed by atoms with Crippen LogP contribution >= 0.6 is 34.9 Å². The Hall–Kier alpha value is -2.34. The summed E-state index contributed by atoms with van der Waals surface area (Å²) in [6.07, 6.45) is 1.99. The second-order valence-electron chi connectivity index (χ2n) is 5.15. The van der Waals surface area contributed by atoms with Crippen LogP contribution in [-0.2, 0) is 5.75 Å². The van der Waals surface area contributed by atoms with Crippen molar-refractivity contribution in [2.75, 3.05) is 11.6 Å². The van der Waals surface area contributed by atoms with Crippen LogP contribution in [0.1, 0.15) is 21.5 Å². The molecule has 130 valence electrons. The summed E-state index contributed by atoms with van der Waals surface area (Å²) in [6.45, 7) is 0. The third kappa shape index (κ3) is 4.85. The maximum atomic E-state index is 12.3. The molecule has 0 aliphatic heterocycles. The summed E-state index contributed by atoms with van der Waals surface area (Å²) in [7, 11) is 0. The number of aromatic nitrogens is 2. The number of benzene rings is 2. The summed E-state index contributed by atoms with van der Waals surface area (Å²) in [4.78, 5) is 13.4. The molecule has 1 aromatic heterocycles. The number of thioether (sulfide) groups is 2. The lowest BCUT2D eigenvalue weighted by Gasteiger charge is -2.02. The molecule has 0 aliphatic rings. The molecule has 0 radical (unpaired) electrons. The number of carbonyl (C=O) groups is 1. The number of amides is 1. The zero-order valence-corrected chi connectivity index (χ0v) is 16.3. The highest BCUT2D eigenvalue weighted by atomic mass is 32.2. The first-order valence-electron chi connectivity index (χ1n) is 7.58. The third-order valence-corrected chi connectivity index (χ3v) is 6.21. The van der Waals surface area contributed by atoms with E-state index in [1.54, 1.807) is 47.8 Å². The first-order valence-corrected chi connectivity index (χ1v) is 10.6. The van der Waals surface area contributed by atoms with Crippen LogP contribution in [0.2, 0.25) is 0 Å². The molecule has 0 saturated heterocycles. The SMILES string of the molecule is CSc1ccc(C(=O)Nc2nnc(SCc3ccc(C#N)cc3)s2)cc1. The van der Waals surface area contributed by atoms with Gasteiger partial charge in [-0.1, -0.05) is 35.2 Å². The number of hydrogen-bond donors (Lipinski definition) is 1. The quantitative estimate of drug-likeness (QED) is 0.480. The van der Waals surface area contributed by atoms with Crippen LogP contribution in [0.5, 0.6) is 0 Å². The second kappa shape index (κ2) is 8.85. The molecule has 5 nitrogen and oxygen atoms in total. The van der Waals surface area contributed by atoms with Crippen molar-refractivity contribution in [3.63, 3.8) is 0 Å². The van der Waals surface area contributed by atoms with E-state index in [2.05, 4.69) is 21.6 Å². The molecule has 3 aromatic rings. The molecular formula is C18H14N4OS3. The van der Waals surface area contributed by atoms with Gasteiger partial charge in [-0.2, -0.15) is 5.26 Å². The standard InChI is InChI=1S/C18H14N4OS3/c1-24-15-8-6-14(7-9-15)16(23)20-17-21-22-18(26-17)25-11-13-4-2-12(10-19)3-5-13/h2-9H,11H2,1H3,(H,20,21,23). The minimum Gasteiger partial charge on any atom is -0.296 e. The fraction of sp³-hybridized carbons (Fsp3) is 0.111. The highest BCUT2D eigenvalue weighted by molar-refractivity contribution is 8.00. The Morgan fingerprint density at radius 3 is 2.54 bits per heavy atom. The third-order valence-electron chi connectivity index (χ3n) is 3.42. The number of nitriles is 1. The van der Waals surface area contributed by atoms with Crippen molar-refractivity contribution >= 4 is 45.9 Å². The molecule has 0 spiro atoms. The van der Waals surface area contributed by atoms with Gasteiger partial charge in [-0.15, -0.1) is 22.0 Å². The molecule has 1 N–H and O–H groups in total. The summed E-state index contributed by atoms with van der Waals surface area (Å²) < 4.78 is 0.780. The maximum Gasteiger partial charge on any atom is 0.257 e. The number of rotatable bonds is 6. The lowest BCUT2D eigenvalue weighted by atomic mass is 10.2. The lowest BCUT2D eigenvalue weighted by molar-refractivity contribution is 0.102. The first-order chi connectivity index (χ1) is 12.7. The van der Waals surface area contributed by atoms with Gasteiger partial charge in [-0.25, -0.2) is 0 Å². The zero-order valence-electron chi connectivity index (χ0n) is 13.8. The molecule has 2 aromatic carbocycles. The van der Waals surface area contributed by atoms with E-state index >= 15 is 0 Å². The van der Waals surface area contributed by atoms with Gasteiger partial charge < -0.3 is 0 Å². The van der Waals surface area contributed by atoms with Gasteiger partial charge in [0.25, 0.3) is 5.91 Å². The summed E-state index contributed by atoms with van der Waals surface area (Å²) in [5, 5.41) is 20.2. The van der Waals surface area contributed by atoms with E-state index in [-0.39, 0.29) is 5.91 Å². The van der Waals surface area contributed by atoms with Crippen LogP contribution in [0.15, 0.2) is 57.8 Å². The predicted molar refractivity (Wildman–Crippen MR) is 107 cm³/mol. The summed E-state index contributed by atoms with van der Waals surface area (Å²) in [5.74, 6) is 0.530. The second-order valence-corrected chi connectivity index (χ2v) is 8.23. The van der Waals surface area contributed by atoms with E-state index < -0.39 is 0 Å². The topological polar surface area (TPSA) is 78.7 Å². The highest BCUT2D eigenvalue weighted by Gasteiger charge is 2.11. The Morgan fingerprint density at radius 2 is 1.88 bits per heavy atom. The molecule has 8 heteroatoms. The minimum atomic E-state index is -0.197. The average Bonchev–Trinajstić information content (AvgIpc) is 3.14. The Labute approximate surface area is 163 Å².